The van der Waals surface area contributed by atoms with Crippen LogP contribution in [-0.4, -0.2) is 27.6 Å². The molecule has 28 heavy (non-hydrogen) atoms. The number of sulfonamides is 1. The number of anilines is 3. The predicted octanol–water partition coefficient (Wildman–Crippen LogP) is 3.58. The van der Waals surface area contributed by atoms with Gasteiger partial charge >= 0.3 is 0 Å². The topological polar surface area (TPSA) is 92.5 Å². The number of carbonyl (C=O) groups is 1. The average molecular weight is 395 g/mol. The number of nitrogen functional groups attached to an aromatic ring is 1. The minimum absolute atomic E-state index is 0.321. The van der Waals surface area contributed by atoms with E-state index in [1.807, 2.05) is 18.2 Å². The van der Waals surface area contributed by atoms with Crippen molar-refractivity contribution < 1.29 is 13.2 Å². The zero-order chi connectivity index (χ0) is 20.3. The molecule has 144 valence electrons. The third kappa shape index (κ3) is 4.32. The Balaban J connectivity index is 2.05. The summed E-state index contributed by atoms with van der Waals surface area (Å²) in [6.07, 6.45) is 1.11. The van der Waals surface area contributed by atoms with Gasteiger partial charge in [-0.1, -0.05) is 36.4 Å². The molecule has 0 aliphatic rings. The Morgan fingerprint density at radius 2 is 1.54 bits per heavy atom. The van der Waals surface area contributed by atoms with Gasteiger partial charge in [0.25, 0.3) is 5.91 Å². The molecule has 7 heteroatoms. The Bertz CT molecular complexity index is 1100. The summed E-state index contributed by atoms with van der Waals surface area (Å²) >= 11 is 0. The van der Waals surface area contributed by atoms with Crippen LogP contribution in [0.3, 0.4) is 0 Å². The second-order valence-corrected chi connectivity index (χ2v) is 8.42. The maximum Gasteiger partial charge on any atom is 0.255 e. The number of amides is 1. The molecule has 3 rings (SSSR count). The molecule has 1 amide bonds. The highest BCUT2D eigenvalue weighted by molar-refractivity contribution is 7.92. The Morgan fingerprint density at radius 1 is 0.929 bits per heavy atom. The largest absolute Gasteiger partial charge is 0.399 e. The molecule has 0 heterocycles. The van der Waals surface area contributed by atoms with Crippen LogP contribution in [0, 0.1) is 0 Å². The normalized spacial score (nSPS) is 11.1. The van der Waals surface area contributed by atoms with Crippen molar-refractivity contribution in [2.45, 2.75) is 0 Å². The van der Waals surface area contributed by atoms with E-state index in [9.17, 15) is 13.2 Å². The third-order valence-electron chi connectivity index (χ3n) is 4.36. The van der Waals surface area contributed by atoms with Gasteiger partial charge in [0.05, 0.1) is 17.6 Å². The van der Waals surface area contributed by atoms with Crippen molar-refractivity contribution in [2.75, 3.05) is 28.7 Å². The van der Waals surface area contributed by atoms with Gasteiger partial charge in [0.1, 0.15) is 0 Å². The van der Waals surface area contributed by atoms with Crippen LogP contribution < -0.4 is 15.4 Å². The second kappa shape index (κ2) is 7.74. The monoisotopic (exact) mass is 395 g/mol. The lowest BCUT2D eigenvalue weighted by atomic mass is 10.0. The minimum atomic E-state index is -3.50. The molecule has 0 atom stereocenters. The molecule has 0 unspecified atom stereocenters. The molecule has 0 radical (unpaired) electrons. The van der Waals surface area contributed by atoms with E-state index in [4.69, 9.17) is 5.73 Å². The van der Waals surface area contributed by atoms with Crippen molar-refractivity contribution in [3.63, 3.8) is 0 Å². The highest BCUT2D eigenvalue weighted by Gasteiger charge is 2.18. The van der Waals surface area contributed by atoms with E-state index in [2.05, 4.69) is 5.32 Å². The van der Waals surface area contributed by atoms with Gasteiger partial charge in [-0.25, -0.2) is 8.42 Å². The van der Waals surface area contributed by atoms with Crippen LogP contribution in [0.2, 0.25) is 0 Å². The van der Waals surface area contributed by atoms with E-state index in [0.29, 0.717) is 22.6 Å². The highest BCUT2D eigenvalue weighted by atomic mass is 32.2. The van der Waals surface area contributed by atoms with Gasteiger partial charge in [0.15, 0.2) is 0 Å². The van der Waals surface area contributed by atoms with E-state index in [0.717, 1.165) is 21.7 Å². The van der Waals surface area contributed by atoms with Crippen molar-refractivity contribution in [3.8, 4) is 11.1 Å². The maximum atomic E-state index is 12.6. The lowest BCUT2D eigenvalue weighted by molar-refractivity contribution is 0.102. The van der Waals surface area contributed by atoms with E-state index in [-0.39, 0.29) is 5.91 Å². The lowest BCUT2D eigenvalue weighted by Crippen LogP contribution is -2.26. The molecule has 0 aliphatic heterocycles. The molecule has 3 aromatic carbocycles. The Kier molecular flexibility index (Phi) is 5.37. The van der Waals surface area contributed by atoms with Crippen molar-refractivity contribution in [2.24, 2.45) is 0 Å². The SMILES string of the molecule is CN(c1ccc(-c2ccc(N)cc2)cc1NC(=O)c1ccccc1)S(C)(=O)=O. The molecule has 0 aliphatic carbocycles. The van der Waals surface area contributed by atoms with Gasteiger partial charge in [0.2, 0.25) is 10.0 Å². The van der Waals surface area contributed by atoms with Gasteiger partial charge in [-0.2, -0.15) is 0 Å². The summed E-state index contributed by atoms with van der Waals surface area (Å²) in [6.45, 7) is 0. The lowest BCUT2D eigenvalue weighted by Gasteiger charge is -2.21. The summed E-state index contributed by atoms with van der Waals surface area (Å²) < 4.78 is 25.2. The summed E-state index contributed by atoms with van der Waals surface area (Å²) in [7, 11) is -2.05. The van der Waals surface area contributed by atoms with Crippen LogP contribution in [0.5, 0.6) is 0 Å². The fourth-order valence-corrected chi connectivity index (χ4v) is 3.25. The summed E-state index contributed by atoms with van der Waals surface area (Å²) in [5.41, 5.74) is 9.38. The number of benzene rings is 3. The molecule has 0 saturated heterocycles. The molecular weight excluding hydrogens is 374 g/mol. The standard InChI is InChI=1S/C21H21N3O3S/c1-24(28(2,26)27)20-13-10-17(15-8-11-18(22)12-9-15)14-19(20)23-21(25)16-6-4-3-5-7-16/h3-14H,22H2,1-2H3,(H,23,25). The number of nitrogens with zero attached hydrogens (tertiary/aromatic N) is 1. The minimum Gasteiger partial charge on any atom is -0.399 e. The zero-order valence-corrected chi connectivity index (χ0v) is 16.4. The van der Waals surface area contributed by atoms with Crippen LogP contribution in [0.4, 0.5) is 17.1 Å². The van der Waals surface area contributed by atoms with E-state index < -0.39 is 10.0 Å². The molecule has 6 nitrogen and oxygen atoms in total. The van der Waals surface area contributed by atoms with Crippen LogP contribution in [0.15, 0.2) is 72.8 Å². The summed E-state index contributed by atoms with van der Waals surface area (Å²) in [6, 6.07) is 21.3. The van der Waals surface area contributed by atoms with Crippen molar-refractivity contribution in [3.05, 3.63) is 78.4 Å². The molecule has 0 saturated carbocycles. The van der Waals surface area contributed by atoms with Gasteiger partial charge in [-0.3, -0.25) is 9.10 Å². The Hall–Kier alpha value is -3.32. The van der Waals surface area contributed by atoms with Gasteiger partial charge in [-0.05, 0) is 47.5 Å². The molecule has 3 N–H and O–H groups in total. The number of hydrogen-bond acceptors (Lipinski definition) is 4. The van der Waals surface area contributed by atoms with Gasteiger partial charge in [-0.15, -0.1) is 0 Å². The molecule has 0 spiro atoms. The number of hydrogen-bond donors (Lipinski definition) is 2. The van der Waals surface area contributed by atoms with Crippen molar-refractivity contribution in [1.82, 2.24) is 0 Å². The first kappa shape index (κ1) is 19.4. The summed E-state index contributed by atoms with van der Waals surface area (Å²) in [5.74, 6) is -0.321. The first-order valence-corrected chi connectivity index (χ1v) is 10.4. The first-order chi connectivity index (χ1) is 13.3. The predicted molar refractivity (Wildman–Crippen MR) is 114 cm³/mol. The average Bonchev–Trinajstić information content (AvgIpc) is 2.68. The highest BCUT2D eigenvalue weighted by Crippen LogP contribution is 2.33. The maximum absolute atomic E-state index is 12.6. The molecule has 0 bridgehead atoms. The molecule has 3 aromatic rings. The smallest absolute Gasteiger partial charge is 0.255 e. The van der Waals surface area contributed by atoms with Crippen LogP contribution in [-0.2, 0) is 10.0 Å². The zero-order valence-electron chi connectivity index (χ0n) is 15.6. The van der Waals surface area contributed by atoms with E-state index in [1.165, 1.54) is 7.05 Å². The van der Waals surface area contributed by atoms with Crippen LogP contribution in [0.25, 0.3) is 11.1 Å². The van der Waals surface area contributed by atoms with Gasteiger partial charge in [0, 0.05) is 18.3 Å². The number of nitrogens with one attached hydrogen (secondary N) is 1. The molecule has 0 fully saturated rings. The van der Waals surface area contributed by atoms with Crippen LogP contribution >= 0.6 is 0 Å². The summed E-state index contributed by atoms with van der Waals surface area (Å²) in [4.78, 5) is 12.6. The quantitative estimate of drug-likeness (QED) is 0.646. The van der Waals surface area contributed by atoms with Crippen molar-refractivity contribution in [1.29, 1.82) is 0 Å². The number of carbonyl (C=O) groups excluding carboxylic acids is 1. The second-order valence-electron chi connectivity index (χ2n) is 6.40. The molecule has 0 aromatic heterocycles. The Morgan fingerprint density at radius 3 is 2.14 bits per heavy atom. The van der Waals surface area contributed by atoms with Crippen molar-refractivity contribution >= 4 is 33.0 Å². The van der Waals surface area contributed by atoms with E-state index in [1.54, 1.807) is 54.6 Å². The third-order valence-corrected chi connectivity index (χ3v) is 5.55. The fraction of sp³-hybridized carbons (Fsp3) is 0.0952. The van der Waals surface area contributed by atoms with Crippen LogP contribution in [0.1, 0.15) is 10.4 Å². The Labute approximate surface area is 164 Å². The molecular formula is C21H21N3O3S. The van der Waals surface area contributed by atoms with Gasteiger partial charge < -0.3 is 11.1 Å². The van der Waals surface area contributed by atoms with E-state index >= 15 is 0 Å². The number of nitrogens with two attached hydrogens (primary N) is 1. The summed E-state index contributed by atoms with van der Waals surface area (Å²) in [5, 5.41) is 2.83. The first-order valence-electron chi connectivity index (χ1n) is 8.56. The number of rotatable bonds is 5. The fourth-order valence-electron chi connectivity index (χ4n) is 2.73.